The number of carbonyl (C=O) groups excluding carboxylic acids is 1. The van der Waals surface area contributed by atoms with Crippen molar-refractivity contribution in [1.82, 2.24) is 5.32 Å². The van der Waals surface area contributed by atoms with Crippen LogP contribution in [0.25, 0.3) is 0 Å². The number of hydrogen-bond acceptors (Lipinski definition) is 4. The van der Waals surface area contributed by atoms with E-state index in [9.17, 15) is 4.79 Å². The highest BCUT2D eigenvalue weighted by Crippen LogP contribution is 2.24. The molecule has 2 unspecified atom stereocenters. The lowest BCUT2D eigenvalue weighted by atomic mass is 9.90. The van der Waals surface area contributed by atoms with E-state index < -0.39 is 5.54 Å². The normalized spacial score (nSPS) is 15.4. The van der Waals surface area contributed by atoms with Crippen LogP contribution in [0.4, 0.5) is 0 Å². The van der Waals surface area contributed by atoms with Crippen molar-refractivity contribution in [3.63, 3.8) is 0 Å². The van der Waals surface area contributed by atoms with Crippen molar-refractivity contribution < 1.29 is 14.3 Å². The quantitative estimate of drug-likeness (QED) is 0.743. The third kappa shape index (κ3) is 3.81. The van der Waals surface area contributed by atoms with Gasteiger partial charge in [0, 0.05) is 0 Å². The SMILES string of the molecule is CCOC(=O)C(COC(C)CC)(NC)c1ccccc1. The fourth-order valence-electron chi connectivity index (χ4n) is 1.94. The second-order valence-electron chi connectivity index (χ2n) is 4.77. The predicted molar refractivity (Wildman–Crippen MR) is 79.5 cm³/mol. The fourth-order valence-corrected chi connectivity index (χ4v) is 1.94. The number of benzene rings is 1. The molecule has 1 N–H and O–H groups in total. The molecule has 0 saturated carbocycles. The highest BCUT2D eigenvalue weighted by Gasteiger charge is 2.41. The van der Waals surface area contributed by atoms with Crippen LogP contribution in [0.3, 0.4) is 0 Å². The summed E-state index contributed by atoms with van der Waals surface area (Å²) in [6.45, 7) is 6.45. The Balaban J connectivity index is 3.06. The number of carbonyl (C=O) groups is 1. The molecule has 0 bridgehead atoms. The predicted octanol–water partition coefficient (Wildman–Crippen LogP) is 2.48. The Labute approximate surface area is 121 Å². The Morgan fingerprint density at radius 1 is 1.30 bits per heavy atom. The fraction of sp³-hybridized carbons (Fsp3) is 0.562. The third-order valence-electron chi connectivity index (χ3n) is 3.48. The van der Waals surface area contributed by atoms with E-state index in [4.69, 9.17) is 9.47 Å². The molecular weight excluding hydrogens is 254 g/mol. The van der Waals surface area contributed by atoms with E-state index >= 15 is 0 Å². The zero-order valence-corrected chi connectivity index (χ0v) is 12.8. The van der Waals surface area contributed by atoms with Crippen LogP contribution in [0.1, 0.15) is 32.8 Å². The van der Waals surface area contributed by atoms with Crippen molar-refractivity contribution in [3.05, 3.63) is 35.9 Å². The van der Waals surface area contributed by atoms with Gasteiger partial charge in [-0.1, -0.05) is 37.3 Å². The molecular formula is C16H25NO3. The number of hydrogen-bond donors (Lipinski definition) is 1. The number of ether oxygens (including phenoxy) is 2. The van der Waals surface area contributed by atoms with Crippen molar-refractivity contribution in [3.8, 4) is 0 Å². The van der Waals surface area contributed by atoms with Gasteiger partial charge in [-0.25, -0.2) is 4.79 Å². The number of nitrogens with one attached hydrogen (secondary N) is 1. The molecule has 0 amide bonds. The van der Waals surface area contributed by atoms with Gasteiger partial charge in [-0.2, -0.15) is 0 Å². The van der Waals surface area contributed by atoms with Gasteiger partial charge in [0.1, 0.15) is 0 Å². The van der Waals surface area contributed by atoms with E-state index in [1.165, 1.54) is 0 Å². The summed E-state index contributed by atoms with van der Waals surface area (Å²) in [7, 11) is 1.75. The summed E-state index contributed by atoms with van der Waals surface area (Å²) in [6, 6.07) is 9.55. The molecule has 1 rings (SSSR count). The minimum absolute atomic E-state index is 0.0980. The standard InChI is InChI=1S/C16H25NO3/c1-5-13(3)20-12-16(17-4,15(18)19-6-2)14-10-8-7-9-11-14/h7-11,13,17H,5-6,12H2,1-4H3. The van der Waals surface area contributed by atoms with Gasteiger partial charge in [-0.05, 0) is 32.9 Å². The van der Waals surface area contributed by atoms with Gasteiger partial charge >= 0.3 is 5.97 Å². The maximum atomic E-state index is 12.4. The van der Waals surface area contributed by atoms with Crippen molar-refractivity contribution in [1.29, 1.82) is 0 Å². The van der Waals surface area contributed by atoms with E-state index in [0.717, 1.165) is 12.0 Å². The van der Waals surface area contributed by atoms with Gasteiger partial charge in [0.05, 0.1) is 19.3 Å². The Bertz CT molecular complexity index is 407. The molecule has 0 aliphatic rings. The summed E-state index contributed by atoms with van der Waals surface area (Å²) in [5.41, 5.74) is -0.106. The van der Waals surface area contributed by atoms with Gasteiger partial charge in [-0.15, -0.1) is 0 Å². The average Bonchev–Trinajstić information content (AvgIpc) is 2.49. The van der Waals surface area contributed by atoms with Gasteiger partial charge in [0.15, 0.2) is 5.54 Å². The van der Waals surface area contributed by atoms with E-state index in [2.05, 4.69) is 12.2 Å². The highest BCUT2D eigenvalue weighted by molar-refractivity contribution is 5.83. The number of rotatable bonds is 8. The molecule has 20 heavy (non-hydrogen) atoms. The molecule has 2 atom stereocenters. The monoisotopic (exact) mass is 279 g/mol. The van der Waals surface area contributed by atoms with Gasteiger partial charge in [-0.3, -0.25) is 5.32 Å². The maximum Gasteiger partial charge on any atom is 0.333 e. The Morgan fingerprint density at radius 3 is 2.45 bits per heavy atom. The molecule has 0 heterocycles. The van der Waals surface area contributed by atoms with Crippen LogP contribution in [0.15, 0.2) is 30.3 Å². The summed E-state index contributed by atoms with van der Waals surface area (Å²) >= 11 is 0. The van der Waals surface area contributed by atoms with Crippen LogP contribution >= 0.6 is 0 Å². The summed E-state index contributed by atoms with van der Waals surface area (Å²) < 4.78 is 11.0. The molecule has 0 aliphatic heterocycles. The first-order chi connectivity index (χ1) is 9.60. The lowest BCUT2D eigenvalue weighted by molar-refractivity contribution is -0.155. The van der Waals surface area contributed by atoms with Crippen molar-refractivity contribution in [2.75, 3.05) is 20.3 Å². The molecule has 0 saturated heterocycles. The van der Waals surface area contributed by atoms with Crippen LogP contribution in [-0.2, 0) is 19.8 Å². The smallest absolute Gasteiger partial charge is 0.333 e. The van der Waals surface area contributed by atoms with E-state index in [-0.39, 0.29) is 18.7 Å². The minimum Gasteiger partial charge on any atom is -0.464 e. The zero-order valence-electron chi connectivity index (χ0n) is 12.8. The molecule has 0 radical (unpaired) electrons. The van der Waals surface area contributed by atoms with Crippen LogP contribution in [0.2, 0.25) is 0 Å². The molecule has 1 aromatic carbocycles. The third-order valence-corrected chi connectivity index (χ3v) is 3.48. The first-order valence-electron chi connectivity index (χ1n) is 7.14. The largest absolute Gasteiger partial charge is 0.464 e. The van der Waals surface area contributed by atoms with Crippen LogP contribution in [0, 0.1) is 0 Å². The molecule has 0 aliphatic carbocycles. The Hall–Kier alpha value is -1.39. The highest BCUT2D eigenvalue weighted by atomic mass is 16.5. The Kier molecular flexibility index (Phi) is 6.68. The van der Waals surface area contributed by atoms with Gasteiger partial charge in [0.2, 0.25) is 0 Å². The molecule has 0 spiro atoms. The lowest BCUT2D eigenvalue weighted by Gasteiger charge is -2.32. The Morgan fingerprint density at radius 2 is 1.95 bits per heavy atom. The summed E-state index contributed by atoms with van der Waals surface area (Å²) in [5.74, 6) is -0.308. The van der Waals surface area contributed by atoms with Crippen LogP contribution in [-0.4, -0.2) is 32.3 Å². The first-order valence-corrected chi connectivity index (χ1v) is 7.14. The molecule has 1 aromatic rings. The summed E-state index contributed by atoms with van der Waals surface area (Å²) in [6.07, 6.45) is 0.998. The topological polar surface area (TPSA) is 47.6 Å². The minimum atomic E-state index is -0.958. The van der Waals surface area contributed by atoms with E-state index in [1.54, 1.807) is 14.0 Å². The summed E-state index contributed by atoms with van der Waals surface area (Å²) in [5, 5.41) is 3.10. The molecule has 4 nitrogen and oxygen atoms in total. The van der Waals surface area contributed by atoms with Crippen molar-refractivity contribution in [2.24, 2.45) is 0 Å². The van der Waals surface area contributed by atoms with Crippen LogP contribution < -0.4 is 5.32 Å². The second kappa shape index (κ2) is 8.02. The van der Waals surface area contributed by atoms with E-state index in [0.29, 0.717) is 6.61 Å². The van der Waals surface area contributed by atoms with Gasteiger partial charge in [0.25, 0.3) is 0 Å². The average molecular weight is 279 g/mol. The molecule has 0 fully saturated rings. The summed E-state index contributed by atoms with van der Waals surface area (Å²) in [4.78, 5) is 12.4. The number of likely N-dealkylation sites (N-methyl/N-ethyl adjacent to an activating group) is 1. The van der Waals surface area contributed by atoms with E-state index in [1.807, 2.05) is 37.3 Å². The maximum absolute atomic E-state index is 12.4. The first kappa shape index (κ1) is 16.7. The van der Waals surface area contributed by atoms with Gasteiger partial charge < -0.3 is 9.47 Å². The van der Waals surface area contributed by atoms with Crippen molar-refractivity contribution >= 4 is 5.97 Å². The lowest BCUT2D eigenvalue weighted by Crippen LogP contribution is -2.52. The zero-order chi connectivity index (χ0) is 15.0. The van der Waals surface area contributed by atoms with Crippen molar-refractivity contribution in [2.45, 2.75) is 38.8 Å². The van der Waals surface area contributed by atoms with Crippen LogP contribution in [0.5, 0.6) is 0 Å². The second-order valence-corrected chi connectivity index (χ2v) is 4.77. The number of esters is 1. The molecule has 112 valence electrons. The molecule has 4 heteroatoms. The molecule has 0 aromatic heterocycles.